The standard InChI is InChI=1S/C11H15NO2/c1-8(7-11(12)13)9-3-5-10(14-2)6-4-9/h3-6,8H,7H2,1-2H3,(H2,12,13)/t8-/m0/s1. The topological polar surface area (TPSA) is 52.3 Å². The lowest BCUT2D eigenvalue weighted by Gasteiger charge is -2.09. The second-order valence-corrected chi connectivity index (χ2v) is 3.34. The van der Waals surface area contributed by atoms with Crippen LogP contribution in [0.2, 0.25) is 0 Å². The summed E-state index contributed by atoms with van der Waals surface area (Å²) in [6, 6.07) is 7.67. The molecule has 0 saturated carbocycles. The summed E-state index contributed by atoms with van der Waals surface area (Å²) in [4.78, 5) is 10.7. The maximum absolute atomic E-state index is 10.7. The molecule has 0 aliphatic rings. The molecule has 0 radical (unpaired) electrons. The van der Waals surface area contributed by atoms with Gasteiger partial charge in [0.15, 0.2) is 0 Å². The van der Waals surface area contributed by atoms with Crippen LogP contribution in [0.4, 0.5) is 0 Å². The van der Waals surface area contributed by atoms with Crippen LogP contribution in [0, 0.1) is 0 Å². The number of carbonyl (C=O) groups is 1. The van der Waals surface area contributed by atoms with E-state index in [4.69, 9.17) is 10.5 Å². The minimum absolute atomic E-state index is 0.165. The quantitative estimate of drug-likeness (QED) is 0.790. The third-order valence-electron chi connectivity index (χ3n) is 2.19. The molecule has 3 heteroatoms. The molecule has 0 saturated heterocycles. The summed E-state index contributed by atoms with van der Waals surface area (Å²) in [5, 5.41) is 0. The zero-order valence-corrected chi connectivity index (χ0v) is 8.49. The molecule has 0 aliphatic carbocycles. The minimum Gasteiger partial charge on any atom is -0.497 e. The molecule has 3 nitrogen and oxygen atoms in total. The van der Waals surface area contributed by atoms with Gasteiger partial charge in [-0.15, -0.1) is 0 Å². The Hall–Kier alpha value is -1.51. The molecule has 0 fully saturated rings. The number of hydrogen-bond donors (Lipinski definition) is 1. The van der Waals surface area contributed by atoms with Crippen molar-refractivity contribution in [3.05, 3.63) is 29.8 Å². The van der Waals surface area contributed by atoms with E-state index in [9.17, 15) is 4.79 Å². The van der Waals surface area contributed by atoms with Crippen molar-refractivity contribution in [1.82, 2.24) is 0 Å². The monoisotopic (exact) mass is 193 g/mol. The maximum atomic E-state index is 10.7. The largest absolute Gasteiger partial charge is 0.497 e. The molecule has 2 N–H and O–H groups in total. The Kier molecular flexibility index (Phi) is 3.51. The molecule has 0 spiro atoms. The predicted molar refractivity (Wildman–Crippen MR) is 55.2 cm³/mol. The van der Waals surface area contributed by atoms with Crippen molar-refractivity contribution in [1.29, 1.82) is 0 Å². The first-order chi connectivity index (χ1) is 6.63. The maximum Gasteiger partial charge on any atom is 0.218 e. The first kappa shape index (κ1) is 10.6. The average Bonchev–Trinajstić information content (AvgIpc) is 2.17. The first-order valence-corrected chi connectivity index (χ1v) is 4.55. The van der Waals surface area contributed by atoms with E-state index in [1.807, 2.05) is 31.2 Å². The van der Waals surface area contributed by atoms with E-state index in [1.165, 1.54) is 0 Å². The zero-order chi connectivity index (χ0) is 10.6. The highest BCUT2D eigenvalue weighted by molar-refractivity contribution is 5.74. The fraction of sp³-hybridized carbons (Fsp3) is 0.364. The number of carbonyl (C=O) groups excluding carboxylic acids is 1. The highest BCUT2D eigenvalue weighted by atomic mass is 16.5. The van der Waals surface area contributed by atoms with Gasteiger partial charge < -0.3 is 10.5 Å². The summed E-state index contributed by atoms with van der Waals surface area (Å²) in [5.41, 5.74) is 6.22. The van der Waals surface area contributed by atoms with Crippen LogP contribution in [-0.2, 0) is 4.79 Å². The van der Waals surface area contributed by atoms with Gasteiger partial charge in [-0.1, -0.05) is 19.1 Å². The second kappa shape index (κ2) is 4.65. The Morgan fingerprint density at radius 1 is 1.43 bits per heavy atom. The van der Waals surface area contributed by atoms with Gasteiger partial charge in [-0.2, -0.15) is 0 Å². The number of methoxy groups -OCH3 is 1. The zero-order valence-electron chi connectivity index (χ0n) is 8.49. The van der Waals surface area contributed by atoms with Crippen molar-refractivity contribution in [3.8, 4) is 5.75 Å². The van der Waals surface area contributed by atoms with E-state index >= 15 is 0 Å². The Labute approximate surface area is 83.9 Å². The molecule has 1 amide bonds. The van der Waals surface area contributed by atoms with Crippen LogP contribution in [0.5, 0.6) is 5.75 Å². The Bertz CT molecular complexity index is 306. The first-order valence-electron chi connectivity index (χ1n) is 4.55. The van der Waals surface area contributed by atoms with Crippen molar-refractivity contribution in [2.45, 2.75) is 19.3 Å². The molecule has 0 aromatic heterocycles. The normalized spacial score (nSPS) is 12.1. The molecule has 0 heterocycles. The summed E-state index contributed by atoms with van der Waals surface area (Å²) in [7, 11) is 1.63. The van der Waals surface area contributed by atoms with Gasteiger partial charge in [0, 0.05) is 6.42 Å². The van der Waals surface area contributed by atoms with Crippen molar-refractivity contribution in [2.75, 3.05) is 7.11 Å². The Morgan fingerprint density at radius 2 is 2.00 bits per heavy atom. The van der Waals surface area contributed by atoms with E-state index in [0.29, 0.717) is 6.42 Å². The highest BCUT2D eigenvalue weighted by Crippen LogP contribution is 2.21. The van der Waals surface area contributed by atoms with E-state index in [-0.39, 0.29) is 11.8 Å². The molecule has 0 aliphatic heterocycles. The summed E-state index contributed by atoms with van der Waals surface area (Å²) in [6.45, 7) is 1.98. The van der Waals surface area contributed by atoms with Gasteiger partial charge in [0.25, 0.3) is 0 Å². The van der Waals surface area contributed by atoms with E-state index in [2.05, 4.69) is 0 Å². The fourth-order valence-corrected chi connectivity index (χ4v) is 1.35. The third kappa shape index (κ3) is 2.76. The summed E-state index contributed by atoms with van der Waals surface area (Å²) < 4.78 is 5.04. The van der Waals surface area contributed by atoms with Gasteiger partial charge >= 0.3 is 0 Å². The lowest BCUT2D eigenvalue weighted by atomic mass is 9.98. The van der Waals surface area contributed by atoms with Gasteiger partial charge in [-0.25, -0.2) is 0 Å². The molecule has 0 bridgehead atoms. The molecular formula is C11H15NO2. The average molecular weight is 193 g/mol. The molecule has 1 atom stereocenters. The smallest absolute Gasteiger partial charge is 0.218 e. The Balaban J connectivity index is 2.71. The summed E-state index contributed by atoms with van der Waals surface area (Å²) >= 11 is 0. The predicted octanol–water partition coefficient (Wildman–Crippen LogP) is 1.67. The number of ether oxygens (including phenoxy) is 1. The Morgan fingerprint density at radius 3 is 2.43 bits per heavy atom. The minimum atomic E-state index is -0.270. The number of hydrogen-bond acceptors (Lipinski definition) is 2. The molecule has 76 valence electrons. The molecule has 1 rings (SSSR count). The van der Waals surface area contributed by atoms with Crippen LogP contribution >= 0.6 is 0 Å². The van der Waals surface area contributed by atoms with Crippen LogP contribution in [0.25, 0.3) is 0 Å². The van der Waals surface area contributed by atoms with Crippen molar-refractivity contribution in [3.63, 3.8) is 0 Å². The molecule has 0 unspecified atom stereocenters. The van der Waals surface area contributed by atoms with E-state index < -0.39 is 0 Å². The lowest BCUT2D eigenvalue weighted by Crippen LogP contribution is -2.13. The lowest BCUT2D eigenvalue weighted by molar-refractivity contribution is -0.118. The van der Waals surface area contributed by atoms with Gasteiger partial charge in [-0.3, -0.25) is 4.79 Å². The number of primary amides is 1. The fourth-order valence-electron chi connectivity index (χ4n) is 1.35. The van der Waals surface area contributed by atoms with Crippen molar-refractivity contribution < 1.29 is 9.53 Å². The molecular weight excluding hydrogens is 178 g/mol. The molecule has 1 aromatic rings. The number of nitrogens with two attached hydrogens (primary N) is 1. The van der Waals surface area contributed by atoms with Crippen molar-refractivity contribution in [2.24, 2.45) is 5.73 Å². The van der Waals surface area contributed by atoms with E-state index in [0.717, 1.165) is 11.3 Å². The third-order valence-corrected chi connectivity index (χ3v) is 2.19. The van der Waals surface area contributed by atoms with Gasteiger partial charge in [0.2, 0.25) is 5.91 Å². The van der Waals surface area contributed by atoms with Crippen molar-refractivity contribution >= 4 is 5.91 Å². The van der Waals surface area contributed by atoms with Crippen LogP contribution < -0.4 is 10.5 Å². The van der Waals surface area contributed by atoms with Crippen LogP contribution in [0.1, 0.15) is 24.8 Å². The number of benzene rings is 1. The van der Waals surface area contributed by atoms with Gasteiger partial charge in [0.1, 0.15) is 5.75 Å². The molecule has 14 heavy (non-hydrogen) atoms. The number of amides is 1. The second-order valence-electron chi connectivity index (χ2n) is 3.34. The SMILES string of the molecule is COc1ccc([C@@H](C)CC(N)=O)cc1. The van der Waals surface area contributed by atoms with Gasteiger partial charge in [0.05, 0.1) is 7.11 Å². The van der Waals surface area contributed by atoms with E-state index in [1.54, 1.807) is 7.11 Å². The highest BCUT2D eigenvalue weighted by Gasteiger charge is 2.08. The van der Waals surface area contributed by atoms with Crippen LogP contribution in [0.15, 0.2) is 24.3 Å². The van der Waals surface area contributed by atoms with Crippen LogP contribution in [-0.4, -0.2) is 13.0 Å². The summed E-state index contributed by atoms with van der Waals surface area (Å²) in [5.74, 6) is 0.715. The van der Waals surface area contributed by atoms with Crippen LogP contribution in [0.3, 0.4) is 0 Å². The number of rotatable bonds is 4. The molecule has 1 aromatic carbocycles. The van der Waals surface area contributed by atoms with Gasteiger partial charge in [-0.05, 0) is 23.6 Å². The summed E-state index contributed by atoms with van der Waals surface area (Å²) in [6.07, 6.45) is 0.381.